The molecule has 0 atom stereocenters. The van der Waals surface area contributed by atoms with Gasteiger partial charge in [0.15, 0.2) is 0 Å². The molecule has 1 aromatic rings. The van der Waals surface area contributed by atoms with E-state index < -0.39 is 16.9 Å². The fourth-order valence-corrected chi connectivity index (χ4v) is 2.52. The molecule has 3 N–H and O–H groups in total. The van der Waals surface area contributed by atoms with Crippen molar-refractivity contribution >= 4 is 5.91 Å². The van der Waals surface area contributed by atoms with E-state index in [4.69, 9.17) is 0 Å². The third-order valence-corrected chi connectivity index (χ3v) is 4.03. The van der Waals surface area contributed by atoms with Gasteiger partial charge in [-0.3, -0.25) is 19.1 Å². The summed E-state index contributed by atoms with van der Waals surface area (Å²) in [7, 11) is 0. The van der Waals surface area contributed by atoms with Gasteiger partial charge in [0.25, 0.3) is 5.56 Å². The Kier molecular flexibility index (Phi) is 4.62. The Morgan fingerprint density at radius 1 is 1.48 bits per heavy atom. The summed E-state index contributed by atoms with van der Waals surface area (Å²) >= 11 is 0. The van der Waals surface area contributed by atoms with E-state index in [-0.39, 0.29) is 19.0 Å². The zero-order chi connectivity index (χ0) is 15.5. The highest BCUT2D eigenvalue weighted by Gasteiger charge is 2.31. The topological polar surface area (TPSA) is 104 Å². The third kappa shape index (κ3) is 4.29. The highest BCUT2D eigenvalue weighted by atomic mass is 16.3. The first kappa shape index (κ1) is 15.5. The number of rotatable bonds is 4. The maximum Gasteiger partial charge on any atom is 0.328 e. The van der Waals surface area contributed by atoms with Crippen molar-refractivity contribution in [3.63, 3.8) is 0 Å². The molecule has 2 rings (SSSR count). The van der Waals surface area contributed by atoms with Crippen LogP contribution in [0.1, 0.15) is 32.6 Å². The van der Waals surface area contributed by atoms with E-state index in [1.54, 1.807) is 0 Å². The molecule has 1 amide bonds. The molecule has 1 saturated carbocycles. The van der Waals surface area contributed by atoms with E-state index in [2.05, 4.69) is 17.2 Å². The number of amides is 1. The molecule has 1 aliphatic carbocycles. The molecule has 0 aliphatic heterocycles. The van der Waals surface area contributed by atoms with Gasteiger partial charge in [-0.1, -0.05) is 6.92 Å². The molecular weight excluding hydrogens is 274 g/mol. The largest absolute Gasteiger partial charge is 0.388 e. The lowest BCUT2D eigenvalue weighted by Crippen LogP contribution is -2.46. The summed E-state index contributed by atoms with van der Waals surface area (Å²) < 4.78 is 1.11. The van der Waals surface area contributed by atoms with Gasteiger partial charge in [-0.25, -0.2) is 4.79 Å². The van der Waals surface area contributed by atoms with Crippen LogP contribution in [0.5, 0.6) is 0 Å². The molecule has 1 fully saturated rings. The lowest BCUT2D eigenvalue weighted by atomic mass is 9.79. The summed E-state index contributed by atoms with van der Waals surface area (Å²) in [5.74, 6) is 0.247. The van der Waals surface area contributed by atoms with Crippen molar-refractivity contribution < 1.29 is 9.90 Å². The van der Waals surface area contributed by atoms with Gasteiger partial charge < -0.3 is 10.4 Å². The summed E-state index contributed by atoms with van der Waals surface area (Å²) in [6.07, 6.45) is 4.52. The number of hydrogen-bond donors (Lipinski definition) is 3. The van der Waals surface area contributed by atoms with Crippen LogP contribution in [0.3, 0.4) is 0 Å². The first-order valence-corrected chi connectivity index (χ1v) is 7.17. The molecule has 1 aliphatic rings. The van der Waals surface area contributed by atoms with E-state index >= 15 is 0 Å². The van der Waals surface area contributed by atoms with Crippen LogP contribution in [0.15, 0.2) is 21.9 Å². The molecule has 0 bridgehead atoms. The van der Waals surface area contributed by atoms with E-state index in [0.29, 0.717) is 18.8 Å². The second-order valence-corrected chi connectivity index (χ2v) is 5.92. The predicted molar refractivity (Wildman–Crippen MR) is 76.9 cm³/mol. The van der Waals surface area contributed by atoms with Gasteiger partial charge in [-0.2, -0.15) is 0 Å². The van der Waals surface area contributed by atoms with Crippen LogP contribution in [-0.2, 0) is 11.3 Å². The fourth-order valence-electron chi connectivity index (χ4n) is 2.52. The number of aliphatic hydroxyl groups is 1. The Balaban J connectivity index is 1.87. The monoisotopic (exact) mass is 295 g/mol. The second-order valence-electron chi connectivity index (χ2n) is 5.92. The van der Waals surface area contributed by atoms with Gasteiger partial charge in [-0.05, 0) is 31.6 Å². The van der Waals surface area contributed by atoms with Crippen molar-refractivity contribution in [2.75, 3.05) is 6.54 Å². The molecule has 1 aromatic heterocycles. The highest BCUT2D eigenvalue weighted by Crippen LogP contribution is 2.31. The molecular formula is C14H21N3O4. The smallest absolute Gasteiger partial charge is 0.328 e. The molecule has 0 spiro atoms. The van der Waals surface area contributed by atoms with Crippen LogP contribution in [-0.4, -0.2) is 32.7 Å². The molecule has 116 valence electrons. The van der Waals surface area contributed by atoms with Gasteiger partial charge in [0.2, 0.25) is 5.91 Å². The number of aromatic nitrogens is 2. The summed E-state index contributed by atoms with van der Waals surface area (Å²) in [4.78, 5) is 36.3. The van der Waals surface area contributed by atoms with E-state index in [9.17, 15) is 19.5 Å². The Bertz CT molecular complexity index is 611. The van der Waals surface area contributed by atoms with Crippen LogP contribution in [0, 0.1) is 5.92 Å². The zero-order valence-corrected chi connectivity index (χ0v) is 12.1. The molecule has 1 heterocycles. The number of H-pyrrole nitrogens is 1. The molecule has 0 aromatic carbocycles. The average molecular weight is 295 g/mol. The first-order chi connectivity index (χ1) is 9.88. The molecule has 0 radical (unpaired) electrons. The van der Waals surface area contributed by atoms with Gasteiger partial charge in [0.05, 0.1) is 5.60 Å². The summed E-state index contributed by atoms with van der Waals surface area (Å²) in [5.41, 5.74) is -1.97. The molecule has 0 saturated heterocycles. The van der Waals surface area contributed by atoms with Crippen molar-refractivity contribution in [2.45, 2.75) is 44.8 Å². The van der Waals surface area contributed by atoms with E-state index in [1.807, 2.05) is 0 Å². The van der Waals surface area contributed by atoms with E-state index in [0.717, 1.165) is 17.4 Å². The zero-order valence-electron chi connectivity index (χ0n) is 12.1. The van der Waals surface area contributed by atoms with Crippen LogP contribution in [0.25, 0.3) is 0 Å². The minimum Gasteiger partial charge on any atom is -0.388 e. The Hall–Kier alpha value is -1.89. The van der Waals surface area contributed by atoms with Crippen molar-refractivity contribution in [2.24, 2.45) is 5.92 Å². The normalized spacial score (nSPS) is 25.5. The van der Waals surface area contributed by atoms with Crippen molar-refractivity contribution in [1.82, 2.24) is 14.9 Å². The first-order valence-electron chi connectivity index (χ1n) is 7.17. The Labute approximate surface area is 122 Å². The Morgan fingerprint density at radius 3 is 2.76 bits per heavy atom. The fraction of sp³-hybridized carbons (Fsp3) is 0.643. The number of hydrogen-bond acceptors (Lipinski definition) is 4. The van der Waals surface area contributed by atoms with Crippen molar-refractivity contribution in [3.05, 3.63) is 33.1 Å². The van der Waals surface area contributed by atoms with E-state index in [1.165, 1.54) is 12.3 Å². The lowest BCUT2D eigenvalue weighted by Gasteiger charge is -2.34. The summed E-state index contributed by atoms with van der Waals surface area (Å²) in [5, 5.41) is 13.0. The minimum atomic E-state index is -0.849. The summed E-state index contributed by atoms with van der Waals surface area (Å²) in [6, 6.07) is 1.19. The second kappa shape index (κ2) is 6.26. The maximum absolute atomic E-state index is 11.8. The number of nitrogens with zero attached hydrogens (tertiary/aromatic N) is 1. The average Bonchev–Trinajstić information content (AvgIpc) is 2.44. The van der Waals surface area contributed by atoms with Crippen molar-refractivity contribution in [3.8, 4) is 0 Å². The van der Waals surface area contributed by atoms with Crippen LogP contribution < -0.4 is 16.6 Å². The molecule has 21 heavy (non-hydrogen) atoms. The predicted octanol–water partition coefficient (Wildman–Crippen LogP) is -0.406. The van der Waals surface area contributed by atoms with Crippen LogP contribution in [0.4, 0.5) is 0 Å². The lowest BCUT2D eigenvalue weighted by molar-refractivity contribution is -0.123. The number of carbonyl (C=O) groups is 1. The van der Waals surface area contributed by atoms with Gasteiger partial charge in [0.1, 0.15) is 6.54 Å². The Morgan fingerprint density at radius 2 is 2.14 bits per heavy atom. The van der Waals surface area contributed by atoms with Crippen molar-refractivity contribution in [1.29, 1.82) is 0 Å². The van der Waals surface area contributed by atoms with Gasteiger partial charge in [0, 0.05) is 18.8 Å². The number of carbonyl (C=O) groups excluding carboxylic acids is 1. The van der Waals surface area contributed by atoms with Gasteiger partial charge >= 0.3 is 5.69 Å². The quantitative estimate of drug-likeness (QED) is 0.702. The van der Waals surface area contributed by atoms with Crippen LogP contribution >= 0.6 is 0 Å². The van der Waals surface area contributed by atoms with Gasteiger partial charge in [-0.15, -0.1) is 0 Å². The molecule has 7 heteroatoms. The molecule has 0 unspecified atom stereocenters. The third-order valence-electron chi connectivity index (χ3n) is 4.03. The summed E-state index contributed by atoms with van der Waals surface area (Å²) in [6.45, 7) is 2.17. The maximum atomic E-state index is 11.8. The SMILES string of the molecule is CC1CCC(O)(CNC(=O)Cn2ccc(=O)[nH]c2=O)CC1. The number of aromatic amines is 1. The standard InChI is InChI=1S/C14H21N3O4/c1-10-2-5-14(21,6-3-10)9-15-12(19)8-17-7-4-11(18)16-13(17)20/h4,7,10,21H,2-3,5-6,8-9H2,1H3,(H,15,19)(H,16,18,20). The highest BCUT2D eigenvalue weighted by molar-refractivity contribution is 5.75. The van der Waals surface area contributed by atoms with Crippen LogP contribution in [0.2, 0.25) is 0 Å². The molecule has 7 nitrogen and oxygen atoms in total. The minimum absolute atomic E-state index is 0.178. The number of nitrogens with one attached hydrogen (secondary N) is 2.